The minimum atomic E-state index is 0.355. The summed E-state index contributed by atoms with van der Waals surface area (Å²) in [4.78, 5) is 0. The van der Waals surface area contributed by atoms with Gasteiger partial charge in [-0.05, 0) is 80.5 Å². The molecular formula is C19H30O. The maximum atomic E-state index is 6.51. The van der Waals surface area contributed by atoms with E-state index in [1.54, 1.807) is 25.7 Å². The summed E-state index contributed by atoms with van der Waals surface area (Å²) < 4.78 is 6.51. The van der Waals surface area contributed by atoms with Crippen molar-refractivity contribution < 1.29 is 4.74 Å². The predicted octanol–water partition coefficient (Wildman–Crippen LogP) is 4.80. The first kappa shape index (κ1) is 12.5. The van der Waals surface area contributed by atoms with E-state index in [-0.39, 0.29) is 0 Å². The Morgan fingerprint density at radius 1 is 0.750 bits per heavy atom. The number of rotatable bonds is 0. The van der Waals surface area contributed by atoms with Crippen molar-refractivity contribution in [3.8, 4) is 0 Å². The standard InChI is InChI=1S/C19H30O/c1-2-6-14-13(5-1)11-18-16-8-3-7-15(16)17(14)12-19(18)9-4-10-20-19/h13-18H,1-12H2. The average Bonchev–Trinajstić information content (AvgIpc) is 3.08. The Labute approximate surface area is 123 Å². The first-order valence-electron chi connectivity index (χ1n) is 9.51. The van der Waals surface area contributed by atoms with Gasteiger partial charge in [0.2, 0.25) is 0 Å². The van der Waals surface area contributed by atoms with E-state index in [0.717, 1.165) is 42.1 Å². The Hall–Kier alpha value is -0.0400. The average molecular weight is 274 g/mol. The second-order valence-corrected chi connectivity index (χ2v) is 8.69. The largest absolute Gasteiger partial charge is 0.375 e. The second kappa shape index (κ2) is 4.48. The Morgan fingerprint density at radius 3 is 2.50 bits per heavy atom. The summed E-state index contributed by atoms with van der Waals surface area (Å²) in [5.41, 5.74) is 0.355. The van der Waals surface area contributed by atoms with E-state index in [1.165, 1.54) is 44.9 Å². The van der Waals surface area contributed by atoms with Crippen LogP contribution in [-0.2, 0) is 4.74 Å². The molecule has 7 unspecified atom stereocenters. The second-order valence-electron chi connectivity index (χ2n) is 8.69. The van der Waals surface area contributed by atoms with Gasteiger partial charge in [-0.2, -0.15) is 0 Å². The molecule has 7 atom stereocenters. The first-order valence-corrected chi connectivity index (χ1v) is 9.51. The number of hydrogen-bond acceptors (Lipinski definition) is 1. The molecule has 20 heavy (non-hydrogen) atoms. The maximum Gasteiger partial charge on any atom is 0.0717 e. The summed E-state index contributed by atoms with van der Waals surface area (Å²) in [6.07, 6.45) is 16.5. The van der Waals surface area contributed by atoms with Gasteiger partial charge in [-0.1, -0.05) is 25.7 Å². The molecule has 1 nitrogen and oxygen atoms in total. The highest BCUT2D eigenvalue weighted by Crippen LogP contribution is 2.64. The molecule has 0 N–H and O–H groups in total. The summed E-state index contributed by atoms with van der Waals surface area (Å²) in [7, 11) is 0. The number of hydrogen-bond donors (Lipinski definition) is 0. The molecule has 112 valence electrons. The van der Waals surface area contributed by atoms with E-state index in [4.69, 9.17) is 4.74 Å². The van der Waals surface area contributed by atoms with E-state index in [1.807, 2.05) is 0 Å². The van der Waals surface area contributed by atoms with Gasteiger partial charge in [0, 0.05) is 6.61 Å². The highest BCUT2D eigenvalue weighted by Gasteiger charge is 2.60. The fraction of sp³-hybridized carbons (Fsp3) is 1.00. The quantitative estimate of drug-likeness (QED) is 0.616. The normalized spacial score (nSPS) is 57.6. The summed E-state index contributed by atoms with van der Waals surface area (Å²) >= 11 is 0. The highest BCUT2D eigenvalue weighted by molar-refractivity contribution is 5.10. The van der Waals surface area contributed by atoms with Gasteiger partial charge in [0.15, 0.2) is 0 Å². The van der Waals surface area contributed by atoms with Gasteiger partial charge in [-0.25, -0.2) is 0 Å². The molecule has 5 saturated carbocycles. The molecule has 1 aliphatic heterocycles. The van der Waals surface area contributed by atoms with Crippen molar-refractivity contribution in [2.45, 2.75) is 76.2 Å². The molecule has 1 heterocycles. The first-order chi connectivity index (χ1) is 9.87. The van der Waals surface area contributed by atoms with Crippen LogP contribution in [0.3, 0.4) is 0 Å². The van der Waals surface area contributed by atoms with Crippen molar-refractivity contribution in [3.05, 3.63) is 0 Å². The van der Waals surface area contributed by atoms with Gasteiger partial charge in [-0.15, -0.1) is 0 Å². The highest BCUT2D eigenvalue weighted by atomic mass is 16.5. The minimum Gasteiger partial charge on any atom is -0.375 e. The monoisotopic (exact) mass is 274 g/mol. The molecule has 0 amide bonds. The molecule has 1 saturated heterocycles. The van der Waals surface area contributed by atoms with Crippen LogP contribution >= 0.6 is 0 Å². The zero-order valence-electron chi connectivity index (χ0n) is 12.9. The van der Waals surface area contributed by atoms with E-state index >= 15 is 0 Å². The molecule has 1 spiro atoms. The van der Waals surface area contributed by atoms with Gasteiger partial charge in [0.25, 0.3) is 0 Å². The van der Waals surface area contributed by atoms with Gasteiger partial charge < -0.3 is 4.74 Å². The summed E-state index contributed by atoms with van der Waals surface area (Å²) in [5.74, 6) is 6.31. The fourth-order valence-corrected chi connectivity index (χ4v) is 7.59. The van der Waals surface area contributed by atoms with Crippen LogP contribution in [0.1, 0.15) is 70.6 Å². The molecule has 0 aromatic rings. The summed E-state index contributed by atoms with van der Waals surface area (Å²) in [6.45, 7) is 1.07. The molecule has 6 aliphatic rings. The Balaban J connectivity index is 1.57. The topological polar surface area (TPSA) is 9.23 Å². The third-order valence-corrected chi connectivity index (χ3v) is 8.16. The molecule has 2 bridgehead atoms. The molecule has 5 aliphatic carbocycles. The molecular weight excluding hydrogens is 244 g/mol. The van der Waals surface area contributed by atoms with Crippen molar-refractivity contribution >= 4 is 0 Å². The van der Waals surface area contributed by atoms with E-state index < -0.39 is 0 Å². The Bertz CT molecular complexity index is 383. The van der Waals surface area contributed by atoms with Crippen LogP contribution < -0.4 is 0 Å². The molecule has 1 heteroatoms. The zero-order chi connectivity index (χ0) is 13.2. The van der Waals surface area contributed by atoms with Crippen LogP contribution in [0.2, 0.25) is 0 Å². The van der Waals surface area contributed by atoms with Crippen molar-refractivity contribution in [2.75, 3.05) is 6.61 Å². The lowest BCUT2D eigenvalue weighted by molar-refractivity contribution is -0.117. The van der Waals surface area contributed by atoms with Crippen molar-refractivity contribution in [1.82, 2.24) is 0 Å². The van der Waals surface area contributed by atoms with E-state index in [0.29, 0.717) is 5.60 Å². The Kier molecular flexibility index (Phi) is 2.80. The lowest BCUT2D eigenvalue weighted by atomic mass is 9.59. The molecule has 0 radical (unpaired) electrons. The van der Waals surface area contributed by atoms with Crippen LogP contribution in [0.25, 0.3) is 0 Å². The van der Waals surface area contributed by atoms with Gasteiger partial charge in [0.1, 0.15) is 0 Å². The van der Waals surface area contributed by atoms with Crippen LogP contribution in [0.5, 0.6) is 0 Å². The molecule has 6 rings (SSSR count). The third-order valence-electron chi connectivity index (χ3n) is 8.16. The van der Waals surface area contributed by atoms with E-state index in [2.05, 4.69) is 0 Å². The third kappa shape index (κ3) is 1.59. The number of ether oxygens (including phenoxy) is 1. The minimum absolute atomic E-state index is 0.355. The van der Waals surface area contributed by atoms with Gasteiger partial charge in [-0.3, -0.25) is 0 Å². The smallest absolute Gasteiger partial charge is 0.0717 e. The lowest BCUT2D eigenvalue weighted by Gasteiger charge is -2.49. The zero-order valence-corrected chi connectivity index (χ0v) is 12.9. The van der Waals surface area contributed by atoms with Crippen molar-refractivity contribution in [1.29, 1.82) is 0 Å². The van der Waals surface area contributed by atoms with Crippen LogP contribution in [0, 0.1) is 35.5 Å². The predicted molar refractivity (Wildman–Crippen MR) is 80.4 cm³/mol. The molecule has 0 aromatic heterocycles. The molecule has 0 aromatic carbocycles. The van der Waals surface area contributed by atoms with E-state index in [9.17, 15) is 0 Å². The van der Waals surface area contributed by atoms with Gasteiger partial charge in [0.05, 0.1) is 5.60 Å². The van der Waals surface area contributed by atoms with Crippen LogP contribution in [-0.4, -0.2) is 12.2 Å². The lowest BCUT2D eigenvalue weighted by Crippen LogP contribution is -2.49. The fourth-order valence-electron chi connectivity index (χ4n) is 7.59. The summed E-state index contributed by atoms with van der Waals surface area (Å²) in [5, 5.41) is 0. The van der Waals surface area contributed by atoms with Crippen molar-refractivity contribution in [2.24, 2.45) is 35.5 Å². The van der Waals surface area contributed by atoms with Crippen molar-refractivity contribution in [3.63, 3.8) is 0 Å². The maximum absolute atomic E-state index is 6.51. The Morgan fingerprint density at radius 2 is 1.60 bits per heavy atom. The summed E-state index contributed by atoms with van der Waals surface area (Å²) in [6, 6.07) is 0. The van der Waals surface area contributed by atoms with Crippen LogP contribution in [0.15, 0.2) is 0 Å². The molecule has 6 fully saturated rings. The SMILES string of the molecule is C1CCC2C(C1)CC1C3CCCC3C2CC12CCCO2. The van der Waals surface area contributed by atoms with Gasteiger partial charge >= 0.3 is 0 Å². The van der Waals surface area contributed by atoms with Crippen LogP contribution in [0.4, 0.5) is 0 Å².